The number of sulfonamides is 1. The number of rotatable bonds is 10. The quantitative estimate of drug-likeness (QED) is 0.325. The zero-order chi connectivity index (χ0) is 28.8. The van der Waals surface area contributed by atoms with Crippen LogP contribution in [-0.2, 0) is 32.6 Å². The summed E-state index contributed by atoms with van der Waals surface area (Å²) in [6, 6.07) is 21.8. The summed E-state index contributed by atoms with van der Waals surface area (Å²) in [4.78, 5) is 28.6. The van der Waals surface area contributed by atoms with Gasteiger partial charge in [-0.2, -0.15) is 0 Å². The smallest absolute Gasteiger partial charge is 0.264 e. The highest BCUT2D eigenvalue weighted by atomic mass is 79.9. The molecule has 0 fully saturated rings. The van der Waals surface area contributed by atoms with Crippen molar-refractivity contribution in [1.82, 2.24) is 10.2 Å². The van der Waals surface area contributed by atoms with Gasteiger partial charge in [0.25, 0.3) is 10.0 Å². The Hall–Kier alpha value is -3.17. The van der Waals surface area contributed by atoms with E-state index < -0.39 is 34.1 Å². The predicted octanol–water partition coefficient (Wildman–Crippen LogP) is 5.54. The summed E-state index contributed by atoms with van der Waals surface area (Å²) in [5.41, 5.74) is 1.72. The molecule has 0 bridgehead atoms. The summed E-state index contributed by atoms with van der Waals surface area (Å²) in [6.07, 6.45) is 0.797. The first-order valence-electron chi connectivity index (χ1n) is 12.8. The maximum absolute atomic E-state index is 14.0. The van der Waals surface area contributed by atoms with E-state index >= 15 is 0 Å². The largest absolute Gasteiger partial charge is 0.350 e. The van der Waals surface area contributed by atoms with Crippen molar-refractivity contribution in [3.63, 3.8) is 0 Å². The Labute approximate surface area is 240 Å². The SMILES string of the molecule is CCc1ccc(N(CC(=O)N(Cc2cccc(Br)c2)[C@@H](C)C(=O)NC(C)(C)C)S(=O)(=O)c2ccccc2)cc1. The van der Waals surface area contributed by atoms with Crippen LogP contribution in [0.5, 0.6) is 0 Å². The number of hydrogen-bond donors (Lipinski definition) is 1. The lowest BCUT2D eigenvalue weighted by atomic mass is 10.1. The fraction of sp³-hybridized carbons (Fsp3) is 0.333. The molecule has 208 valence electrons. The Bertz CT molecular complexity index is 1390. The van der Waals surface area contributed by atoms with Crippen molar-refractivity contribution >= 4 is 43.5 Å². The molecule has 3 aromatic carbocycles. The first kappa shape index (κ1) is 30.4. The number of benzene rings is 3. The minimum Gasteiger partial charge on any atom is -0.350 e. The van der Waals surface area contributed by atoms with Gasteiger partial charge in [-0.3, -0.25) is 13.9 Å². The summed E-state index contributed by atoms with van der Waals surface area (Å²) < 4.78 is 29.6. The highest BCUT2D eigenvalue weighted by Crippen LogP contribution is 2.25. The van der Waals surface area contributed by atoms with Gasteiger partial charge in [-0.1, -0.05) is 65.3 Å². The summed E-state index contributed by atoms with van der Waals surface area (Å²) in [5, 5.41) is 2.93. The summed E-state index contributed by atoms with van der Waals surface area (Å²) in [5.74, 6) is -0.818. The van der Waals surface area contributed by atoms with Crippen LogP contribution in [0.4, 0.5) is 5.69 Å². The first-order chi connectivity index (χ1) is 18.3. The molecule has 0 radical (unpaired) electrons. The predicted molar refractivity (Wildman–Crippen MR) is 159 cm³/mol. The van der Waals surface area contributed by atoms with Gasteiger partial charge in [0.1, 0.15) is 12.6 Å². The molecule has 0 aliphatic rings. The molecule has 3 rings (SSSR count). The third-order valence-electron chi connectivity index (χ3n) is 6.15. The number of nitrogens with zero attached hydrogens (tertiary/aromatic N) is 2. The third-order valence-corrected chi connectivity index (χ3v) is 8.43. The van der Waals surface area contributed by atoms with E-state index in [1.54, 1.807) is 37.3 Å². The molecule has 0 spiro atoms. The molecule has 1 atom stereocenters. The van der Waals surface area contributed by atoms with Crippen molar-refractivity contribution in [2.75, 3.05) is 10.8 Å². The van der Waals surface area contributed by atoms with E-state index in [1.807, 2.05) is 64.1 Å². The summed E-state index contributed by atoms with van der Waals surface area (Å²) in [7, 11) is -4.08. The Balaban J connectivity index is 2.03. The van der Waals surface area contributed by atoms with Crippen LogP contribution in [0.1, 0.15) is 45.7 Å². The second-order valence-corrected chi connectivity index (χ2v) is 13.2. The molecule has 0 saturated heterocycles. The minimum absolute atomic E-state index is 0.0782. The van der Waals surface area contributed by atoms with E-state index in [9.17, 15) is 18.0 Å². The number of aryl methyl sites for hydroxylation is 1. The van der Waals surface area contributed by atoms with E-state index in [2.05, 4.69) is 21.2 Å². The lowest BCUT2D eigenvalue weighted by molar-refractivity contribution is -0.140. The van der Waals surface area contributed by atoms with Crippen LogP contribution in [-0.4, -0.2) is 43.3 Å². The van der Waals surface area contributed by atoms with Gasteiger partial charge in [0, 0.05) is 16.6 Å². The van der Waals surface area contributed by atoms with Crippen LogP contribution < -0.4 is 9.62 Å². The minimum atomic E-state index is -4.08. The second-order valence-electron chi connectivity index (χ2n) is 10.4. The molecule has 0 aliphatic carbocycles. The fourth-order valence-electron chi connectivity index (χ4n) is 4.04. The molecule has 1 N–H and O–H groups in total. The van der Waals surface area contributed by atoms with Crippen molar-refractivity contribution < 1.29 is 18.0 Å². The number of amides is 2. The van der Waals surface area contributed by atoms with Crippen molar-refractivity contribution in [3.8, 4) is 0 Å². The molecule has 9 heteroatoms. The molecule has 0 unspecified atom stereocenters. The Kier molecular flexibility index (Phi) is 9.96. The molecule has 2 amide bonds. The number of carbonyl (C=O) groups is 2. The van der Waals surface area contributed by atoms with Crippen LogP contribution in [0.15, 0.2) is 88.2 Å². The van der Waals surface area contributed by atoms with Gasteiger partial charge in [-0.15, -0.1) is 0 Å². The average molecular weight is 615 g/mol. The average Bonchev–Trinajstić information content (AvgIpc) is 2.89. The van der Waals surface area contributed by atoms with E-state index in [0.29, 0.717) is 5.69 Å². The van der Waals surface area contributed by atoms with Crippen LogP contribution in [0.3, 0.4) is 0 Å². The van der Waals surface area contributed by atoms with Gasteiger partial charge in [-0.05, 0) is 81.6 Å². The van der Waals surface area contributed by atoms with Gasteiger partial charge >= 0.3 is 0 Å². The van der Waals surface area contributed by atoms with Crippen molar-refractivity contribution in [2.24, 2.45) is 0 Å². The highest BCUT2D eigenvalue weighted by molar-refractivity contribution is 9.10. The van der Waals surface area contributed by atoms with Gasteiger partial charge in [-0.25, -0.2) is 8.42 Å². The molecular weight excluding hydrogens is 578 g/mol. The summed E-state index contributed by atoms with van der Waals surface area (Å²) in [6.45, 7) is 8.93. The number of halogens is 1. The molecule has 3 aromatic rings. The van der Waals surface area contributed by atoms with Crippen LogP contribution in [0.25, 0.3) is 0 Å². The monoisotopic (exact) mass is 613 g/mol. The Morgan fingerprint density at radius 1 is 0.923 bits per heavy atom. The van der Waals surface area contributed by atoms with Crippen LogP contribution in [0, 0.1) is 0 Å². The molecule has 7 nitrogen and oxygen atoms in total. The van der Waals surface area contributed by atoms with Crippen LogP contribution in [0.2, 0.25) is 0 Å². The van der Waals surface area contributed by atoms with Crippen molar-refractivity contribution in [3.05, 3.63) is 94.5 Å². The topological polar surface area (TPSA) is 86.8 Å². The molecule has 39 heavy (non-hydrogen) atoms. The zero-order valence-electron chi connectivity index (χ0n) is 23.0. The van der Waals surface area contributed by atoms with E-state index in [1.165, 1.54) is 17.0 Å². The molecular formula is C30H36BrN3O4S. The van der Waals surface area contributed by atoms with Gasteiger partial charge in [0.05, 0.1) is 10.6 Å². The Morgan fingerprint density at radius 2 is 1.56 bits per heavy atom. The van der Waals surface area contributed by atoms with Gasteiger partial charge in [0.2, 0.25) is 11.8 Å². The summed E-state index contributed by atoms with van der Waals surface area (Å²) >= 11 is 3.46. The molecule has 0 aliphatic heterocycles. The lowest BCUT2D eigenvalue weighted by Crippen LogP contribution is -2.54. The lowest BCUT2D eigenvalue weighted by Gasteiger charge is -2.33. The second kappa shape index (κ2) is 12.8. The number of nitrogens with one attached hydrogen (secondary N) is 1. The van der Waals surface area contributed by atoms with E-state index in [4.69, 9.17) is 0 Å². The standard InChI is InChI=1S/C30H36BrN3O4S/c1-6-23-15-17-26(18-16-23)34(39(37,38)27-13-8-7-9-14-27)21-28(35)33(20-24-11-10-12-25(31)19-24)22(2)29(36)32-30(3,4)5/h7-19,22H,6,20-21H2,1-5H3,(H,32,36)/t22-/m0/s1. The maximum Gasteiger partial charge on any atom is 0.264 e. The third kappa shape index (κ3) is 8.16. The molecule has 0 heterocycles. The van der Waals surface area contributed by atoms with Crippen molar-refractivity contribution in [1.29, 1.82) is 0 Å². The first-order valence-corrected chi connectivity index (χ1v) is 15.1. The van der Waals surface area contributed by atoms with Crippen molar-refractivity contribution in [2.45, 2.75) is 64.1 Å². The number of anilines is 1. The van der Waals surface area contributed by atoms with Gasteiger partial charge < -0.3 is 10.2 Å². The normalized spacial score (nSPS) is 12.5. The zero-order valence-corrected chi connectivity index (χ0v) is 25.4. The number of hydrogen-bond acceptors (Lipinski definition) is 4. The van der Waals surface area contributed by atoms with E-state index in [0.717, 1.165) is 26.3 Å². The maximum atomic E-state index is 14.0. The fourth-order valence-corrected chi connectivity index (χ4v) is 5.92. The van der Waals surface area contributed by atoms with Crippen LogP contribution >= 0.6 is 15.9 Å². The number of carbonyl (C=O) groups excluding carboxylic acids is 2. The molecule has 0 aromatic heterocycles. The highest BCUT2D eigenvalue weighted by Gasteiger charge is 2.33. The van der Waals surface area contributed by atoms with Gasteiger partial charge in [0.15, 0.2) is 0 Å². The Morgan fingerprint density at radius 3 is 2.13 bits per heavy atom. The van der Waals surface area contributed by atoms with E-state index in [-0.39, 0.29) is 17.3 Å². The molecule has 0 saturated carbocycles.